The molecule has 0 unspecified atom stereocenters. The molecule has 1 atom stereocenters. The van der Waals surface area contributed by atoms with E-state index in [0.29, 0.717) is 0 Å². The highest BCUT2D eigenvalue weighted by Crippen LogP contribution is 2.50. The van der Waals surface area contributed by atoms with Crippen molar-refractivity contribution in [3.05, 3.63) is 23.8 Å². The lowest BCUT2D eigenvalue weighted by molar-refractivity contribution is -0.293. The van der Waals surface area contributed by atoms with Crippen LogP contribution in [0, 0.1) is 0 Å². The predicted molar refractivity (Wildman–Crippen MR) is 50.6 cm³/mol. The number of benzene rings is 1. The van der Waals surface area contributed by atoms with Gasteiger partial charge in [-0.25, -0.2) is 0 Å². The first-order valence-corrected chi connectivity index (χ1v) is 5.04. The second-order valence-corrected chi connectivity index (χ2v) is 3.94. The van der Waals surface area contributed by atoms with Gasteiger partial charge >= 0.3 is 18.4 Å². The number of ether oxygens (including phenoxy) is 2. The Morgan fingerprint density at radius 1 is 1.05 bits per heavy atom. The Hall–Kier alpha value is -1.71. The number of hydrogen-bond donors (Lipinski definition) is 1. The molecule has 1 heterocycles. The first kappa shape index (κ1) is 14.7. The van der Waals surface area contributed by atoms with Gasteiger partial charge in [0, 0.05) is 5.56 Å². The van der Waals surface area contributed by atoms with Crippen LogP contribution in [0.4, 0.5) is 30.7 Å². The zero-order chi connectivity index (χ0) is 15.3. The van der Waals surface area contributed by atoms with Crippen LogP contribution in [0.2, 0.25) is 0 Å². The highest BCUT2D eigenvalue weighted by Gasteiger charge is 2.62. The summed E-state index contributed by atoms with van der Waals surface area (Å²) in [6, 6.07) is -0.299. The summed E-state index contributed by atoms with van der Waals surface area (Å²) in [5.41, 5.74) is 3.94. The van der Waals surface area contributed by atoms with Crippen molar-refractivity contribution < 1.29 is 40.2 Å². The lowest BCUT2D eigenvalue weighted by Crippen LogP contribution is -2.46. The second kappa shape index (κ2) is 4.14. The van der Waals surface area contributed by atoms with Crippen LogP contribution in [0.3, 0.4) is 0 Å². The Bertz CT molecular complexity index is 529. The smallest absolute Gasteiger partial charge is 0.395 e. The van der Waals surface area contributed by atoms with E-state index in [-0.39, 0.29) is 0 Å². The quantitative estimate of drug-likeness (QED) is 0.853. The molecule has 0 aromatic heterocycles. The Morgan fingerprint density at radius 3 is 2.20 bits per heavy atom. The third-order valence-electron chi connectivity index (χ3n) is 2.56. The van der Waals surface area contributed by atoms with Gasteiger partial charge in [0.1, 0.15) is 6.04 Å². The summed E-state index contributed by atoms with van der Waals surface area (Å²) >= 11 is 0. The van der Waals surface area contributed by atoms with Gasteiger partial charge in [0.2, 0.25) is 0 Å². The molecule has 1 aliphatic rings. The molecule has 0 aliphatic carbocycles. The first-order chi connectivity index (χ1) is 8.96. The SMILES string of the molecule is N[C@H](c1cccc2c1OC(F)(F)O2)C(F)(F)C(F)(F)F. The van der Waals surface area contributed by atoms with E-state index in [4.69, 9.17) is 5.73 Å². The molecule has 0 fully saturated rings. The number of alkyl halides is 7. The molecule has 2 rings (SSSR count). The molecule has 112 valence electrons. The van der Waals surface area contributed by atoms with Gasteiger partial charge in [-0.05, 0) is 6.07 Å². The summed E-state index contributed by atoms with van der Waals surface area (Å²) in [6.07, 6.45) is -10.1. The molecule has 20 heavy (non-hydrogen) atoms. The van der Waals surface area contributed by atoms with Crippen molar-refractivity contribution in [1.82, 2.24) is 0 Å². The van der Waals surface area contributed by atoms with E-state index in [1.165, 1.54) is 0 Å². The number of nitrogens with two attached hydrogens (primary N) is 1. The monoisotopic (exact) mass is 305 g/mol. The van der Waals surface area contributed by atoms with Crippen molar-refractivity contribution in [3.8, 4) is 11.5 Å². The highest BCUT2D eigenvalue weighted by atomic mass is 19.4. The maximum atomic E-state index is 13.1. The van der Waals surface area contributed by atoms with E-state index in [1.807, 2.05) is 0 Å². The van der Waals surface area contributed by atoms with Crippen molar-refractivity contribution in [2.75, 3.05) is 0 Å². The van der Waals surface area contributed by atoms with Crippen LogP contribution < -0.4 is 15.2 Å². The molecular weight excluding hydrogens is 299 g/mol. The average molecular weight is 305 g/mol. The third kappa shape index (κ3) is 2.23. The lowest BCUT2D eigenvalue weighted by Gasteiger charge is -2.26. The van der Waals surface area contributed by atoms with Crippen LogP contribution in [0.1, 0.15) is 11.6 Å². The highest BCUT2D eigenvalue weighted by molar-refractivity contribution is 5.50. The van der Waals surface area contributed by atoms with E-state index in [9.17, 15) is 30.7 Å². The van der Waals surface area contributed by atoms with Crippen molar-refractivity contribution in [2.24, 2.45) is 5.73 Å². The summed E-state index contributed by atoms with van der Waals surface area (Å²) in [5, 5.41) is 0. The summed E-state index contributed by atoms with van der Waals surface area (Å²) in [4.78, 5) is 0. The molecule has 0 bridgehead atoms. The van der Waals surface area contributed by atoms with Gasteiger partial charge in [0.25, 0.3) is 0 Å². The van der Waals surface area contributed by atoms with Gasteiger partial charge in [0.05, 0.1) is 0 Å². The molecule has 1 aromatic rings. The van der Waals surface area contributed by atoms with Crippen molar-refractivity contribution >= 4 is 0 Å². The van der Waals surface area contributed by atoms with Crippen LogP contribution in [0.5, 0.6) is 11.5 Å². The molecule has 0 radical (unpaired) electrons. The fourth-order valence-electron chi connectivity index (χ4n) is 1.61. The normalized spacial score (nSPS) is 19.0. The van der Waals surface area contributed by atoms with E-state index < -0.39 is 41.5 Å². The fraction of sp³-hybridized carbons (Fsp3) is 0.400. The topological polar surface area (TPSA) is 44.5 Å². The van der Waals surface area contributed by atoms with Crippen LogP contribution in [-0.4, -0.2) is 18.4 Å². The van der Waals surface area contributed by atoms with E-state index in [0.717, 1.165) is 18.2 Å². The maximum Gasteiger partial charge on any atom is 0.586 e. The van der Waals surface area contributed by atoms with Gasteiger partial charge in [-0.2, -0.15) is 22.0 Å². The summed E-state index contributed by atoms with van der Waals surface area (Å²) in [5.74, 6) is -6.92. The summed E-state index contributed by atoms with van der Waals surface area (Å²) in [6.45, 7) is 0. The standard InChI is InChI=1S/C10H6F7NO2/c11-8(12,9(13,14)15)7(18)4-2-1-3-5-6(4)20-10(16,17)19-5/h1-3,7H,18H2/t7-/m1/s1. The number of rotatable bonds is 2. The molecule has 0 amide bonds. The molecule has 3 nitrogen and oxygen atoms in total. The van der Waals surface area contributed by atoms with Crippen LogP contribution in [0.25, 0.3) is 0 Å². The number of fused-ring (bicyclic) bond motifs is 1. The van der Waals surface area contributed by atoms with Gasteiger partial charge in [-0.15, -0.1) is 8.78 Å². The minimum Gasteiger partial charge on any atom is -0.395 e. The summed E-state index contributed by atoms with van der Waals surface area (Å²) < 4.78 is 96.4. The number of para-hydroxylation sites is 1. The molecule has 0 spiro atoms. The van der Waals surface area contributed by atoms with Crippen molar-refractivity contribution in [1.29, 1.82) is 0 Å². The number of halogens is 7. The number of hydrogen-bond acceptors (Lipinski definition) is 3. The fourth-order valence-corrected chi connectivity index (χ4v) is 1.61. The Labute approximate surface area is 107 Å². The molecule has 10 heteroatoms. The van der Waals surface area contributed by atoms with Gasteiger partial charge < -0.3 is 15.2 Å². The van der Waals surface area contributed by atoms with E-state index >= 15 is 0 Å². The van der Waals surface area contributed by atoms with Crippen LogP contribution in [-0.2, 0) is 0 Å². The minimum absolute atomic E-state index is 0.666. The Kier molecular flexibility index (Phi) is 3.04. The predicted octanol–water partition coefficient (Wildman–Crippen LogP) is 3.21. The first-order valence-electron chi connectivity index (χ1n) is 5.04. The van der Waals surface area contributed by atoms with Gasteiger partial charge in [-0.1, -0.05) is 12.1 Å². The zero-order valence-electron chi connectivity index (χ0n) is 9.35. The van der Waals surface area contributed by atoms with Gasteiger partial charge in [0.15, 0.2) is 11.5 Å². The Morgan fingerprint density at radius 2 is 1.65 bits per heavy atom. The molecule has 2 N–H and O–H groups in total. The summed E-state index contributed by atoms with van der Waals surface area (Å²) in [7, 11) is 0. The van der Waals surface area contributed by atoms with Gasteiger partial charge in [-0.3, -0.25) is 0 Å². The maximum absolute atomic E-state index is 13.1. The molecule has 0 saturated carbocycles. The molecule has 1 aliphatic heterocycles. The minimum atomic E-state index is -5.93. The van der Waals surface area contributed by atoms with E-state index in [2.05, 4.69) is 9.47 Å². The second-order valence-electron chi connectivity index (χ2n) is 3.94. The average Bonchev–Trinajstić information content (AvgIpc) is 2.59. The van der Waals surface area contributed by atoms with Crippen LogP contribution in [0.15, 0.2) is 18.2 Å². The van der Waals surface area contributed by atoms with E-state index in [1.54, 1.807) is 0 Å². The Balaban J connectivity index is 2.44. The molecular formula is C10H6F7NO2. The third-order valence-corrected chi connectivity index (χ3v) is 2.56. The largest absolute Gasteiger partial charge is 0.586 e. The van der Waals surface area contributed by atoms with Crippen molar-refractivity contribution in [2.45, 2.75) is 24.4 Å². The van der Waals surface area contributed by atoms with Crippen molar-refractivity contribution in [3.63, 3.8) is 0 Å². The molecule has 1 aromatic carbocycles. The zero-order valence-corrected chi connectivity index (χ0v) is 9.35. The molecule has 0 saturated heterocycles. The van der Waals surface area contributed by atoms with Crippen LogP contribution >= 0.6 is 0 Å². The lowest BCUT2D eigenvalue weighted by atomic mass is 9.99.